The van der Waals surface area contributed by atoms with Crippen LogP contribution < -0.4 is 0 Å². The van der Waals surface area contributed by atoms with E-state index in [0.717, 1.165) is 51.6 Å². The molecule has 64 heavy (non-hydrogen) atoms. The Balaban J connectivity index is 5.93. The predicted molar refractivity (Wildman–Crippen MR) is 285 cm³/mol. The van der Waals surface area contributed by atoms with Gasteiger partial charge in [-0.2, -0.15) is 0 Å². The van der Waals surface area contributed by atoms with E-state index in [1.165, 1.54) is 230 Å². The molecule has 0 N–H and O–H groups in total. The number of rotatable bonds is 54. The molecular formula is C56H113NO5SSi. The summed E-state index contributed by atoms with van der Waals surface area (Å²) in [4.78, 5) is 28.1. The van der Waals surface area contributed by atoms with E-state index >= 15 is 0 Å². The van der Waals surface area contributed by atoms with Gasteiger partial charge in [-0.05, 0) is 45.4 Å². The molecule has 0 rings (SSSR count). The van der Waals surface area contributed by atoms with Gasteiger partial charge in [-0.15, -0.1) is 0 Å². The maximum atomic E-state index is 12.8. The summed E-state index contributed by atoms with van der Waals surface area (Å²) in [6.45, 7) is 17.0. The number of hydrogen-bond donors (Lipinski definition) is 0. The van der Waals surface area contributed by atoms with Crippen LogP contribution in [0.3, 0.4) is 0 Å². The average Bonchev–Trinajstić information content (AvgIpc) is 3.29. The summed E-state index contributed by atoms with van der Waals surface area (Å²) < 4.78 is 21.3. The number of carbonyl (C=O) groups excluding carboxylic acids is 2. The lowest BCUT2D eigenvalue weighted by Gasteiger charge is -2.37. The van der Waals surface area contributed by atoms with Crippen molar-refractivity contribution in [2.75, 3.05) is 32.1 Å². The Morgan fingerprint density at radius 1 is 0.422 bits per heavy atom. The molecule has 8 heteroatoms. The molecule has 0 aromatic heterocycles. The van der Waals surface area contributed by atoms with Crippen LogP contribution in [0.4, 0.5) is 0 Å². The van der Waals surface area contributed by atoms with Gasteiger partial charge in [0.2, 0.25) is 5.78 Å². The molecular weight excluding hydrogens is 827 g/mol. The molecule has 0 bridgehead atoms. The van der Waals surface area contributed by atoms with Crippen molar-refractivity contribution in [3.8, 4) is 0 Å². The molecule has 0 spiro atoms. The van der Waals surface area contributed by atoms with Crippen LogP contribution in [0.25, 0.3) is 0 Å². The van der Waals surface area contributed by atoms with E-state index in [1.54, 1.807) is 0 Å². The molecule has 0 aromatic carbocycles. The first-order chi connectivity index (χ1) is 31.4. The Morgan fingerprint density at radius 3 is 1.09 bits per heavy atom. The number of unbranched alkanes of at least 4 members (excludes halogenated alkanes) is 34. The SMILES string of the molecule is CCCCCCCCCCCCN(CCCCCCCCCCCC)C(C)O[Si](CCCSC(=O)C(=O)CCCCC)(OCCCCCCCCCC)OCCCCCCCCCC. The number of thioether (sulfide) groups is 1. The van der Waals surface area contributed by atoms with Gasteiger partial charge in [-0.1, -0.05) is 265 Å². The predicted octanol–water partition coefficient (Wildman–Crippen LogP) is 18.5. The normalized spacial score (nSPS) is 12.5. The topological polar surface area (TPSA) is 65.1 Å². The minimum absolute atomic E-state index is 0.0876. The Bertz CT molecular complexity index is 926. The highest BCUT2D eigenvalue weighted by atomic mass is 32.2. The maximum absolute atomic E-state index is 12.8. The van der Waals surface area contributed by atoms with E-state index < -0.39 is 8.80 Å². The Hall–Kier alpha value is -0.253. The van der Waals surface area contributed by atoms with Crippen molar-refractivity contribution in [3.63, 3.8) is 0 Å². The van der Waals surface area contributed by atoms with Crippen LogP contribution in [-0.4, -0.2) is 62.9 Å². The molecule has 1 unspecified atom stereocenters. The average molecular weight is 941 g/mol. The van der Waals surface area contributed by atoms with E-state index in [4.69, 9.17) is 13.3 Å². The minimum atomic E-state index is -3.13. The molecule has 0 saturated carbocycles. The maximum Gasteiger partial charge on any atom is 0.502 e. The van der Waals surface area contributed by atoms with Crippen LogP contribution in [0.2, 0.25) is 6.04 Å². The van der Waals surface area contributed by atoms with E-state index in [-0.39, 0.29) is 17.1 Å². The van der Waals surface area contributed by atoms with E-state index in [2.05, 4.69) is 46.4 Å². The molecule has 1 atom stereocenters. The van der Waals surface area contributed by atoms with Crippen molar-refractivity contribution in [3.05, 3.63) is 0 Å². The fourth-order valence-electron chi connectivity index (χ4n) is 8.83. The highest BCUT2D eigenvalue weighted by molar-refractivity contribution is 8.15. The highest BCUT2D eigenvalue weighted by Crippen LogP contribution is 2.26. The van der Waals surface area contributed by atoms with Crippen LogP contribution in [-0.2, 0) is 22.9 Å². The number of hydrogen-bond acceptors (Lipinski definition) is 7. The van der Waals surface area contributed by atoms with Crippen molar-refractivity contribution in [1.29, 1.82) is 0 Å². The number of ketones is 1. The van der Waals surface area contributed by atoms with Crippen molar-refractivity contribution >= 4 is 31.5 Å². The lowest BCUT2D eigenvalue weighted by Crippen LogP contribution is -2.52. The molecule has 0 amide bonds. The summed E-state index contributed by atoms with van der Waals surface area (Å²) in [5.41, 5.74) is 0. The van der Waals surface area contributed by atoms with Crippen molar-refractivity contribution < 1.29 is 22.9 Å². The zero-order valence-corrected chi connectivity index (χ0v) is 46.0. The minimum Gasteiger partial charge on any atom is -0.373 e. The summed E-state index contributed by atoms with van der Waals surface area (Å²) in [5.74, 6) is 0.381. The third kappa shape index (κ3) is 41.9. The highest BCUT2D eigenvalue weighted by Gasteiger charge is 2.43. The Kier molecular flexibility index (Phi) is 50.4. The smallest absolute Gasteiger partial charge is 0.373 e. The second kappa shape index (κ2) is 50.6. The quantitative estimate of drug-likeness (QED) is 0.0260. The van der Waals surface area contributed by atoms with Gasteiger partial charge in [0.15, 0.2) is 0 Å². The van der Waals surface area contributed by atoms with E-state index in [0.29, 0.717) is 31.4 Å². The molecule has 0 aliphatic rings. The first-order valence-corrected chi connectivity index (χ1v) is 31.7. The van der Waals surface area contributed by atoms with Gasteiger partial charge < -0.3 is 13.3 Å². The van der Waals surface area contributed by atoms with Crippen molar-refractivity contribution in [1.82, 2.24) is 4.90 Å². The van der Waals surface area contributed by atoms with E-state index in [9.17, 15) is 9.59 Å². The lowest BCUT2D eigenvalue weighted by atomic mass is 10.1. The molecule has 382 valence electrons. The number of carbonyl (C=O) groups is 2. The summed E-state index contributed by atoms with van der Waals surface area (Å²) in [6.07, 6.45) is 50.9. The first kappa shape index (κ1) is 63.7. The molecule has 0 aliphatic carbocycles. The largest absolute Gasteiger partial charge is 0.502 e. The molecule has 0 fully saturated rings. The fourth-order valence-corrected chi connectivity index (χ4v) is 12.6. The zero-order valence-electron chi connectivity index (χ0n) is 44.2. The summed E-state index contributed by atoms with van der Waals surface area (Å²) in [7, 11) is -3.13. The second-order valence-corrected chi connectivity index (χ2v) is 23.3. The molecule has 0 aliphatic heterocycles. The van der Waals surface area contributed by atoms with Gasteiger partial charge in [0, 0.05) is 44.5 Å². The van der Waals surface area contributed by atoms with Crippen LogP contribution in [0, 0.1) is 0 Å². The zero-order chi connectivity index (χ0) is 46.9. The second-order valence-electron chi connectivity index (χ2n) is 19.6. The third-order valence-corrected chi connectivity index (χ3v) is 17.1. The van der Waals surface area contributed by atoms with Gasteiger partial charge in [0.25, 0.3) is 5.12 Å². The van der Waals surface area contributed by atoms with Gasteiger partial charge in [-0.25, -0.2) is 0 Å². The first-order valence-electron chi connectivity index (χ1n) is 28.8. The molecule has 6 nitrogen and oxygen atoms in total. The summed E-state index contributed by atoms with van der Waals surface area (Å²) >= 11 is 1.20. The summed E-state index contributed by atoms with van der Waals surface area (Å²) in [6, 6.07) is 0.694. The van der Waals surface area contributed by atoms with Crippen LogP contribution in [0.1, 0.15) is 305 Å². The number of Topliss-reactive ketones (excluding diaryl/α,β-unsaturated/α-hetero) is 1. The molecule has 0 saturated heterocycles. The van der Waals surface area contributed by atoms with Crippen molar-refractivity contribution in [2.45, 2.75) is 317 Å². The summed E-state index contributed by atoms with van der Waals surface area (Å²) in [5, 5.41) is -0.281. The monoisotopic (exact) mass is 940 g/mol. The van der Waals surface area contributed by atoms with Gasteiger partial charge in [0.05, 0.1) is 0 Å². The standard InChI is InChI=1S/C56H113NO5SSi/c1-7-12-17-21-25-29-31-33-37-42-48-57(49-43-38-34-32-30-26-22-18-13-8-2)54(6)62-64(60-50-44-39-35-27-23-19-14-9-3,61-51-45-40-36-28-24-20-15-10-4)53-46-52-63-56(59)55(58)47-41-16-11-5/h54H,7-53H2,1-6H3. The van der Waals surface area contributed by atoms with Crippen molar-refractivity contribution in [2.24, 2.45) is 0 Å². The molecule has 0 radical (unpaired) electrons. The van der Waals surface area contributed by atoms with Crippen LogP contribution in [0.15, 0.2) is 0 Å². The number of nitrogens with zero attached hydrogens (tertiary/aromatic N) is 1. The van der Waals surface area contributed by atoms with Gasteiger partial charge in [0.1, 0.15) is 6.23 Å². The molecule has 0 heterocycles. The van der Waals surface area contributed by atoms with Gasteiger partial charge in [-0.3, -0.25) is 14.5 Å². The Morgan fingerprint density at radius 2 is 0.734 bits per heavy atom. The Labute approximate surface area is 406 Å². The third-order valence-electron chi connectivity index (χ3n) is 13.2. The molecule has 0 aromatic rings. The fraction of sp³-hybridized carbons (Fsp3) is 0.964. The lowest BCUT2D eigenvalue weighted by molar-refractivity contribution is -0.131. The van der Waals surface area contributed by atoms with Gasteiger partial charge >= 0.3 is 8.80 Å². The van der Waals surface area contributed by atoms with E-state index in [1.807, 2.05) is 0 Å². The van der Waals surface area contributed by atoms with Crippen LogP contribution in [0.5, 0.6) is 0 Å². The van der Waals surface area contributed by atoms with Crippen LogP contribution >= 0.6 is 11.8 Å².